The summed E-state index contributed by atoms with van der Waals surface area (Å²) in [5.41, 5.74) is -6.40. The van der Waals surface area contributed by atoms with Gasteiger partial charge in [0.15, 0.2) is 0 Å². The number of alkyl halides is 11. The Hall–Kier alpha value is -1.95. The molecule has 1 nitrogen and oxygen atoms in total. The highest BCUT2D eigenvalue weighted by molar-refractivity contribution is 5.72. The summed E-state index contributed by atoms with van der Waals surface area (Å²) in [7, 11) is 0. The first-order valence-electron chi connectivity index (χ1n) is 5.94. The maximum absolute atomic E-state index is 13.6. The summed E-state index contributed by atoms with van der Waals surface area (Å²) >= 11 is 0. The van der Waals surface area contributed by atoms with E-state index in [0.717, 1.165) is 0 Å². The molecule has 0 spiro atoms. The molecule has 0 saturated carbocycles. The maximum Gasteiger partial charge on any atom is 0.420 e. The molecular weight excluding hydrogens is 386 g/mol. The van der Waals surface area contributed by atoms with Gasteiger partial charge in [0.25, 0.3) is 0 Å². The van der Waals surface area contributed by atoms with Crippen LogP contribution in [0.3, 0.4) is 0 Å². The van der Waals surface area contributed by atoms with E-state index in [1.165, 1.54) is 0 Å². The van der Waals surface area contributed by atoms with E-state index in [4.69, 9.17) is 0 Å². The van der Waals surface area contributed by atoms with E-state index < -0.39 is 70.9 Å². The summed E-state index contributed by atoms with van der Waals surface area (Å²) in [4.78, 5) is 2.58. The van der Waals surface area contributed by atoms with Gasteiger partial charge in [0, 0.05) is 18.3 Å². The quantitative estimate of drug-likeness (QED) is 0.604. The Bertz CT molecular complexity index is 730. The first kappa shape index (κ1) is 19.4. The standard InChI is InChI=1S/C12H3F12N/c13-6-1-7(25-3-5(6)10(18,19)20)4-2-8(14,15)11(21,22)12(23,24)9(4,16)17/h1-3H. The minimum Gasteiger partial charge on any atom is -0.256 e. The molecule has 13 heteroatoms. The van der Waals surface area contributed by atoms with Crippen molar-refractivity contribution in [2.24, 2.45) is 0 Å². The summed E-state index contributed by atoms with van der Waals surface area (Å²) in [6, 6.07) is -0.474. The van der Waals surface area contributed by atoms with Crippen LogP contribution < -0.4 is 0 Å². The fourth-order valence-electron chi connectivity index (χ4n) is 1.96. The van der Waals surface area contributed by atoms with Crippen molar-refractivity contribution in [3.63, 3.8) is 0 Å². The molecule has 0 unspecified atom stereocenters. The Morgan fingerprint density at radius 2 is 1.36 bits per heavy atom. The molecule has 1 aromatic rings. The van der Waals surface area contributed by atoms with Crippen LogP contribution in [0.1, 0.15) is 11.3 Å². The molecule has 0 atom stereocenters. The lowest BCUT2D eigenvalue weighted by Gasteiger charge is -2.40. The Labute approximate surface area is 129 Å². The van der Waals surface area contributed by atoms with E-state index in [9.17, 15) is 52.7 Å². The highest BCUT2D eigenvalue weighted by Gasteiger charge is 2.83. The lowest BCUT2D eigenvalue weighted by Crippen LogP contribution is -2.65. The highest BCUT2D eigenvalue weighted by Crippen LogP contribution is 2.60. The van der Waals surface area contributed by atoms with Gasteiger partial charge < -0.3 is 0 Å². The van der Waals surface area contributed by atoms with Gasteiger partial charge in [0.05, 0.1) is 11.3 Å². The van der Waals surface area contributed by atoms with Gasteiger partial charge in [-0.3, -0.25) is 4.98 Å². The summed E-state index contributed by atoms with van der Waals surface area (Å²) in [6.07, 6.45) is -7.02. The number of halogens is 12. The predicted molar refractivity (Wildman–Crippen MR) is 57.0 cm³/mol. The predicted octanol–water partition coefficient (Wildman–Crippen LogP) is 5.18. The molecule has 1 heterocycles. The molecule has 140 valence electrons. The van der Waals surface area contributed by atoms with Crippen molar-refractivity contribution in [1.82, 2.24) is 4.98 Å². The largest absolute Gasteiger partial charge is 0.420 e. The van der Waals surface area contributed by atoms with Crippen molar-refractivity contribution >= 4 is 5.57 Å². The molecule has 2 rings (SSSR count). The maximum atomic E-state index is 13.6. The molecule has 0 saturated heterocycles. The minimum atomic E-state index is -6.62. The Balaban J connectivity index is 2.70. The molecule has 0 radical (unpaired) electrons. The summed E-state index contributed by atoms with van der Waals surface area (Å²) < 4.78 is 156. The molecular formula is C12H3F12N. The van der Waals surface area contributed by atoms with Crippen molar-refractivity contribution in [2.75, 3.05) is 0 Å². The Kier molecular flexibility index (Phi) is 3.90. The van der Waals surface area contributed by atoms with Crippen LogP contribution in [-0.4, -0.2) is 28.7 Å². The van der Waals surface area contributed by atoms with Crippen LogP contribution in [0.25, 0.3) is 5.57 Å². The fraction of sp³-hybridized carbons (Fsp3) is 0.417. The molecule has 0 aromatic carbocycles. The van der Waals surface area contributed by atoms with Gasteiger partial charge in [0.2, 0.25) is 0 Å². The van der Waals surface area contributed by atoms with E-state index in [-0.39, 0.29) is 0 Å². The second kappa shape index (κ2) is 5.04. The second-order valence-corrected chi connectivity index (χ2v) is 4.95. The summed E-state index contributed by atoms with van der Waals surface area (Å²) in [5.74, 6) is -27.2. The third-order valence-corrected chi connectivity index (χ3v) is 3.31. The summed E-state index contributed by atoms with van der Waals surface area (Å²) in [5, 5.41) is 0. The first-order chi connectivity index (χ1) is 11.0. The topological polar surface area (TPSA) is 12.9 Å². The first-order valence-corrected chi connectivity index (χ1v) is 5.94. The van der Waals surface area contributed by atoms with Crippen LogP contribution in [-0.2, 0) is 6.18 Å². The Morgan fingerprint density at radius 1 is 0.840 bits per heavy atom. The molecule has 1 aliphatic rings. The molecule has 0 aliphatic heterocycles. The van der Waals surface area contributed by atoms with Gasteiger partial charge in [-0.15, -0.1) is 0 Å². The fourth-order valence-corrected chi connectivity index (χ4v) is 1.96. The zero-order chi connectivity index (χ0) is 19.6. The molecule has 0 N–H and O–H groups in total. The minimum absolute atomic E-state index is 0.412. The molecule has 25 heavy (non-hydrogen) atoms. The second-order valence-electron chi connectivity index (χ2n) is 4.95. The molecule has 1 aromatic heterocycles. The van der Waals surface area contributed by atoms with Crippen molar-refractivity contribution < 1.29 is 52.7 Å². The number of pyridine rings is 1. The zero-order valence-electron chi connectivity index (χ0n) is 11.2. The van der Waals surface area contributed by atoms with Crippen molar-refractivity contribution in [3.05, 3.63) is 35.4 Å². The van der Waals surface area contributed by atoms with E-state index in [2.05, 4.69) is 4.98 Å². The number of allylic oxidation sites excluding steroid dienone is 2. The molecule has 0 amide bonds. The van der Waals surface area contributed by atoms with Gasteiger partial charge in [0.1, 0.15) is 11.4 Å². The van der Waals surface area contributed by atoms with Gasteiger partial charge in [-0.2, -0.15) is 48.3 Å². The van der Waals surface area contributed by atoms with Crippen LogP contribution in [0, 0.1) is 5.82 Å². The van der Waals surface area contributed by atoms with E-state index >= 15 is 0 Å². The Morgan fingerprint density at radius 3 is 1.80 bits per heavy atom. The number of rotatable bonds is 1. The van der Waals surface area contributed by atoms with E-state index in [1.54, 1.807) is 0 Å². The van der Waals surface area contributed by atoms with Gasteiger partial charge in [-0.05, 0) is 0 Å². The van der Waals surface area contributed by atoms with Gasteiger partial charge in [-0.25, -0.2) is 4.39 Å². The zero-order valence-corrected chi connectivity index (χ0v) is 11.2. The van der Waals surface area contributed by atoms with Crippen LogP contribution >= 0.6 is 0 Å². The van der Waals surface area contributed by atoms with Crippen molar-refractivity contribution in [2.45, 2.75) is 29.9 Å². The molecule has 1 aliphatic carbocycles. The molecule has 0 bridgehead atoms. The lowest BCUT2D eigenvalue weighted by atomic mass is 9.84. The van der Waals surface area contributed by atoms with E-state index in [0.29, 0.717) is 0 Å². The van der Waals surface area contributed by atoms with Crippen LogP contribution in [0.15, 0.2) is 18.3 Å². The average Bonchev–Trinajstić information content (AvgIpc) is 2.41. The van der Waals surface area contributed by atoms with Crippen molar-refractivity contribution in [1.29, 1.82) is 0 Å². The number of hydrogen-bond donors (Lipinski definition) is 0. The van der Waals surface area contributed by atoms with Gasteiger partial charge in [-0.1, -0.05) is 0 Å². The average molecular weight is 389 g/mol. The summed E-state index contributed by atoms with van der Waals surface area (Å²) in [6.45, 7) is 0. The number of aromatic nitrogens is 1. The van der Waals surface area contributed by atoms with E-state index in [1.807, 2.05) is 0 Å². The monoisotopic (exact) mass is 389 g/mol. The number of hydrogen-bond acceptors (Lipinski definition) is 1. The number of nitrogens with zero attached hydrogens (tertiary/aromatic N) is 1. The third-order valence-electron chi connectivity index (χ3n) is 3.31. The lowest BCUT2D eigenvalue weighted by molar-refractivity contribution is -0.348. The normalized spacial score (nSPS) is 23.9. The SMILES string of the molecule is Fc1cc(C2=CC(F)(F)C(F)(F)C(F)(F)C2(F)F)ncc1C(F)(F)F. The van der Waals surface area contributed by atoms with Crippen LogP contribution in [0.4, 0.5) is 52.7 Å². The smallest absolute Gasteiger partial charge is 0.256 e. The van der Waals surface area contributed by atoms with Crippen LogP contribution in [0.2, 0.25) is 0 Å². The van der Waals surface area contributed by atoms with Gasteiger partial charge >= 0.3 is 29.9 Å². The van der Waals surface area contributed by atoms with Crippen LogP contribution in [0.5, 0.6) is 0 Å². The third kappa shape index (κ3) is 2.54. The highest BCUT2D eigenvalue weighted by atomic mass is 19.4. The molecule has 0 fully saturated rings. The van der Waals surface area contributed by atoms with Crippen molar-refractivity contribution in [3.8, 4) is 0 Å².